The van der Waals surface area contributed by atoms with Crippen LogP contribution in [0.25, 0.3) is 0 Å². The summed E-state index contributed by atoms with van der Waals surface area (Å²) in [4.78, 5) is 0. The average Bonchev–Trinajstić information content (AvgIpc) is 2.42. The molecular weight excluding hydrogens is 236 g/mol. The Morgan fingerprint density at radius 1 is 1.26 bits per heavy atom. The fourth-order valence-electron chi connectivity index (χ4n) is 2.72. The lowest BCUT2D eigenvalue weighted by Gasteiger charge is -2.26. The van der Waals surface area contributed by atoms with Crippen LogP contribution in [0.5, 0.6) is 5.75 Å². The SMILES string of the molecule is CCOc1cc(NCC2CCC(C)CC2)ccc1N. The van der Waals surface area contributed by atoms with Crippen molar-refractivity contribution in [2.24, 2.45) is 11.8 Å². The van der Waals surface area contributed by atoms with Crippen LogP contribution in [0.3, 0.4) is 0 Å². The summed E-state index contributed by atoms with van der Waals surface area (Å²) in [5.41, 5.74) is 7.69. The summed E-state index contributed by atoms with van der Waals surface area (Å²) in [5, 5.41) is 3.52. The van der Waals surface area contributed by atoms with Crippen molar-refractivity contribution in [3.05, 3.63) is 18.2 Å². The molecule has 1 aliphatic rings. The van der Waals surface area contributed by atoms with Gasteiger partial charge in [-0.25, -0.2) is 0 Å². The zero-order valence-electron chi connectivity index (χ0n) is 12.1. The number of benzene rings is 1. The van der Waals surface area contributed by atoms with Gasteiger partial charge in [0.1, 0.15) is 5.75 Å². The van der Waals surface area contributed by atoms with Crippen molar-refractivity contribution in [2.75, 3.05) is 24.2 Å². The van der Waals surface area contributed by atoms with E-state index in [1.54, 1.807) is 0 Å². The molecule has 0 spiro atoms. The Morgan fingerprint density at radius 2 is 2.00 bits per heavy atom. The van der Waals surface area contributed by atoms with Crippen molar-refractivity contribution >= 4 is 11.4 Å². The predicted octanol–water partition coefficient (Wildman–Crippen LogP) is 3.91. The molecule has 1 saturated carbocycles. The van der Waals surface area contributed by atoms with Gasteiger partial charge in [0.25, 0.3) is 0 Å². The van der Waals surface area contributed by atoms with Gasteiger partial charge in [-0.2, -0.15) is 0 Å². The maximum atomic E-state index is 5.88. The van der Waals surface area contributed by atoms with Gasteiger partial charge >= 0.3 is 0 Å². The zero-order chi connectivity index (χ0) is 13.7. The predicted molar refractivity (Wildman–Crippen MR) is 81.6 cm³/mol. The smallest absolute Gasteiger partial charge is 0.144 e. The molecule has 2 rings (SSSR count). The molecule has 106 valence electrons. The first-order valence-corrected chi connectivity index (χ1v) is 7.45. The highest BCUT2D eigenvalue weighted by Crippen LogP contribution is 2.29. The lowest BCUT2D eigenvalue weighted by Crippen LogP contribution is -2.20. The van der Waals surface area contributed by atoms with Gasteiger partial charge in [0.15, 0.2) is 0 Å². The lowest BCUT2D eigenvalue weighted by molar-refractivity contribution is 0.300. The Morgan fingerprint density at radius 3 is 2.68 bits per heavy atom. The number of hydrogen-bond donors (Lipinski definition) is 2. The van der Waals surface area contributed by atoms with Crippen molar-refractivity contribution in [2.45, 2.75) is 39.5 Å². The van der Waals surface area contributed by atoms with Crippen molar-refractivity contribution in [3.63, 3.8) is 0 Å². The maximum Gasteiger partial charge on any atom is 0.144 e. The lowest BCUT2D eigenvalue weighted by atomic mass is 9.83. The average molecular weight is 262 g/mol. The van der Waals surface area contributed by atoms with Crippen LogP contribution in [0, 0.1) is 11.8 Å². The monoisotopic (exact) mass is 262 g/mol. The molecule has 0 aromatic heterocycles. The molecule has 0 heterocycles. The third-order valence-electron chi connectivity index (χ3n) is 4.04. The van der Waals surface area contributed by atoms with Gasteiger partial charge in [0, 0.05) is 18.3 Å². The first-order valence-electron chi connectivity index (χ1n) is 7.45. The van der Waals surface area contributed by atoms with Gasteiger partial charge in [0.2, 0.25) is 0 Å². The first kappa shape index (κ1) is 14.0. The summed E-state index contributed by atoms with van der Waals surface area (Å²) in [6.45, 7) is 6.04. The molecule has 1 fully saturated rings. The van der Waals surface area contributed by atoms with Crippen LogP contribution in [-0.4, -0.2) is 13.2 Å². The molecule has 1 aromatic rings. The van der Waals surface area contributed by atoms with E-state index < -0.39 is 0 Å². The maximum absolute atomic E-state index is 5.88. The van der Waals surface area contributed by atoms with Gasteiger partial charge in [-0.05, 0) is 43.7 Å². The molecule has 0 atom stereocenters. The molecule has 3 heteroatoms. The number of nitrogens with two attached hydrogens (primary N) is 1. The molecule has 0 unspecified atom stereocenters. The van der Waals surface area contributed by atoms with Gasteiger partial charge in [-0.1, -0.05) is 19.8 Å². The fourth-order valence-corrected chi connectivity index (χ4v) is 2.72. The van der Waals surface area contributed by atoms with Crippen molar-refractivity contribution in [1.29, 1.82) is 0 Å². The largest absolute Gasteiger partial charge is 0.492 e. The molecular formula is C16H26N2O. The number of nitrogens with one attached hydrogen (secondary N) is 1. The van der Waals surface area contributed by atoms with E-state index >= 15 is 0 Å². The highest BCUT2D eigenvalue weighted by Gasteiger charge is 2.17. The van der Waals surface area contributed by atoms with Crippen LogP contribution in [-0.2, 0) is 0 Å². The third-order valence-corrected chi connectivity index (χ3v) is 4.04. The molecule has 1 aromatic carbocycles. The minimum absolute atomic E-state index is 0.647. The van der Waals surface area contributed by atoms with Crippen LogP contribution in [0.15, 0.2) is 18.2 Å². The minimum atomic E-state index is 0.647. The highest BCUT2D eigenvalue weighted by molar-refractivity contribution is 5.61. The summed E-state index contributed by atoms with van der Waals surface area (Å²) in [6.07, 6.45) is 5.44. The number of ether oxygens (including phenoxy) is 1. The van der Waals surface area contributed by atoms with E-state index in [2.05, 4.69) is 12.2 Å². The van der Waals surface area contributed by atoms with Crippen LogP contribution < -0.4 is 15.8 Å². The first-order chi connectivity index (χ1) is 9.19. The van der Waals surface area contributed by atoms with E-state index in [0.717, 1.165) is 29.8 Å². The summed E-state index contributed by atoms with van der Waals surface area (Å²) >= 11 is 0. The molecule has 0 radical (unpaired) electrons. The fraction of sp³-hybridized carbons (Fsp3) is 0.625. The molecule has 19 heavy (non-hydrogen) atoms. The molecule has 0 saturated heterocycles. The van der Waals surface area contributed by atoms with Gasteiger partial charge in [0.05, 0.1) is 12.3 Å². The second kappa shape index (κ2) is 6.69. The van der Waals surface area contributed by atoms with E-state index in [9.17, 15) is 0 Å². The number of nitrogen functional groups attached to an aromatic ring is 1. The quantitative estimate of drug-likeness (QED) is 0.791. The number of anilines is 2. The topological polar surface area (TPSA) is 47.3 Å². The standard InChI is InChI=1S/C16H26N2O/c1-3-19-16-10-14(8-9-15(16)17)18-11-13-6-4-12(2)5-7-13/h8-10,12-13,18H,3-7,11,17H2,1-2H3. The van der Waals surface area contributed by atoms with E-state index in [0.29, 0.717) is 12.3 Å². The summed E-state index contributed by atoms with van der Waals surface area (Å²) in [6, 6.07) is 5.95. The van der Waals surface area contributed by atoms with Gasteiger partial charge < -0.3 is 15.8 Å². The third kappa shape index (κ3) is 4.05. The van der Waals surface area contributed by atoms with Crippen molar-refractivity contribution in [1.82, 2.24) is 0 Å². The Balaban J connectivity index is 1.87. The molecule has 3 nitrogen and oxygen atoms in total. The number of rotatable bonds is 5. The Bertz CT molecular complexity index is 398. The van der Waals surface area contributed by atoms with Gasteiger partial charge in [-0.3, -0.25) is 0 Å². The molecule has 0 aliphatic heterocycles. The van der Waals surface area contributed by atoms with E-state index in [1.165, 1.54) is 25.7 Å². The molecule has 1 aliphatic carbocycles. The van der Waals surface area contributed by atoms with E-state index in [1.807, 2.05) is 25.1 Å². The Kier molecular flexibility index (Phi) is 4.94. The summed E-state index contributed by atoms with van der Waals surface area (Å²) < 4.78 is 5.52. The Hall–Kier alpha value is -1.38. The van der Waals surface area contributed by atoms with E-state index in [4.69, 9.17) is 10.5 Å². The Labute approximate surface area is 116 Å². The molecule has 3 N–H and O–H groups in total. The second-order valence-corrected chi connectivity index (χ2v) is 5.69. The highest BCUT2D eigenvalue weighted by atomic mass is 16.5. The van der Waals surface area contributed by atoms with Crippen LogP contribution in [0.2, 0.25) is 0 Å². The van der Waals surface area contributed by atoms with Crippen LogP contribution in [0.1, 0.15) is 39.5 Å². The number of hydrogen-bond acceptors (Lipinski definition) is 3. The molecule has 0 amide bonds. The molecule has 0 bridgehead atoms. The van der Waals surface area contributed by atoms with Crippen molar-refractivity contribution < 1.29 is 4.74 Å². The van der Waals surface area contributed by atoms with E-state index in [-0.39, 0.29) is 0 Å². The van der Waals surface area contributed by atoms with Crippen LogP contribution >= 0.6 is 0 Å². The summed E-state index contributed by atoms with van der Waals surface area (Å²) in [7, 11) is 0. The minimum Gasteiger partial charge on any atom is -0.492 e. The normalized spacial score (nSPS) is 23.1. The van der Waals surface area contributed by atoms with Gasteiger partial charge in [-0.15, -0.1) is 0 Å². The summed E-state index contributed by atoms with van der Waals surface area (Å²) in [5.74, 6) is 2.51. The second-order valence-electron chi connectivity index (χ2n) is 5.69. The van der Waals surface area contributed by atoms with Crippen LogP contribution in [0.4, 0.5) is 11.4 Å². The van der Waals surface area contributed by atoms with Crippen molar-refractivity contribution in [3.8, 4) is 5.75 Å². The zero-order valence-corrected chi connectivity index (χ0v) is 12.1.